The van der Waals surface area contributed by atoms with Gasteiger partial charge in [-0.3, -0.25) is 9.79 Å². The van der Waals surface area contributed by atoms with Crippen LogP contribution < -0.4 is 32.2 Å². The Bertz CT molecular complexity index is 1110. The maximum absolute atomic E-state index is 12.6. The molecule has 37 heavy (non-hydrogen) atoms. The molecule has 7 N–H and O–H groups in total. The molecule has 1 aromatic rings. The molecule has 1 amide bonds. The molecule has 2 fully saturated rings. The molecule has 1 aromatic carbocycles. The van der Waals surface area contributed by atoms with Crippen LogP contribution >= 0.6 is 0 Å². The molecular formula is C27H38N8O2. The van der Waals surface area contributed by atoms with Crippen LogP contribution in [0.5, 0.6) is 5.75 Å². The van der Waals surface area contributed by atoms with Crippen molar-refractivity contribution in [3.63, 3.8) is 0 Å². The summed E-state index contributed by atoms with van der Waals surface area (Å²) in [4.78, 5) is 23.4. The lowest BCUT2D eigenvalue weighted by molar-refractivity contribution is -0.126. The summed E-state index contributed by atoms with van der Waals surface area (Å²) in [5.41, 5.74) is 13.0. The predicted molar refractivity (Wildman–Crippen MR) is 146 cm³/mol. The van der Waals surface area contributed by atoms with Gasteiger partial charge in [0.1, 0.15) is 5.82 Å². The highest BCUT2D eigenvalue weighted by molar-refractivity contribution is 6.10. The fourth-order valence-electron chi connectivity index (χ4n) is 5.63. The van der Waals surface area contributed by atoms with Crippen LogP contribution in [0, 0.1) is 5.92 Å². The maximum Gasteiger partial charge on any atom is 0.223 e. The van der Waals surface area contributed by atoms with Gasteiger partial charge in [0.2, 0.25) is 5.91 Å². The van der Waals surface area contributed by atoms with E-state index in [4.69, 9.17) is 21.2 Å². The summed E-state index contributed by atoms with van der Waals surface area (Å²) in [7, 11) is 0. The van der Waals surface area contributed by atoms with E-state index in [0.29, 0.717) is 36.4 Å². The van der Waals surface area contributed by atoms with Gasteiger partial charge in [-0.2, -0.15) is 0 Å². The number of nitrogens with one attached hydrogen (secondary N) is 3. The first-order valence-electron chi connectivity index (χ1n) is 13.4. The summed E-state index contributed by atoms with van der Waals surface area (Å²) in [6.45, 7) is 7.44. The van der Waals surface area contributed by atoms with Crippen molar-refractivity contribution < 1.29 is 9.53 Å². The van der Waals surface area contributed by atoms with Crippen molar-refractivity contribution >= 4 is 23.4 Å². The van der Waals surface area contributed by atoms with Crippen LogP contribution in [0.1, 0.15) is 56.4 Å². The quantitative estimate of drug-likeness (QED) is 0.217. The maximum atomic E-state index is 12.6. The Balaban J connectivity index is 1.16. The molecule has 3 aliphatic heterocycles. The number of fused-ring (bicyclic) bond motifs is 2. The van der Waals surface area contributed by atoms with Gasteiger partial charge in [0.25, 0.3) is 0 Å². The number of hydrogen-bond donors (Lipinski definition) is 5. The third-order valence-electron chi connectivity index (χ3n) is 7.71. The second kappa shape index (κ2) is 11.2. The minimum Gasteiger partial charge on any atom is -0.450 e. The Labute approximate surface area is 218 Å². The van der Waals surface area contributed by atoms with Gasteiger partial charge in [-0.25, -0.2) is 4.99 Å². The molecule has 0 bridgehead atoms. The van der Waals surface area contributed by atoms with Crippen molar-refractivity contribution in [2.45, 2.75) is 56.9 Å². The van der Waals surface area contributed by atoms with E-state index in [1.807, 2.05) is 6.20 Å². The number of amidine groups is 1. The topological polar surface area (TPSA) is 142 Å². The smallest absolute Gasteiger partial charge is 0.223 e. The number of anilines is 1. The van der Waals surface area contributed by atoms with E-state index in [0.717, 1.165) is 69.5 Å². The van der Waals surface area contributed by atoms with Gasteiger partial charge in [0.15, 0.2) is 23.3 Å². The standard InChI is InChI=1S/C27H38N8O2/c1-17-33-25-24(37-23-8-5-20(15-22(23)34-25)18-9-13-30-14-10-18)16-35(17)21-6-3-19(4-7-21)26(36)31-11-2-12-32-27(28)29/h5,8,15-16,18-19,21,30H,1-4,6-7,9-14H2,(H,31,36)(H,33,34)(H4,28,29,32). The van der Waals surface area contributed by atoms with Crippen molar-refractivity contribution in [2.75, 3.05) is 31.5 Å². The molecule has 0 atom stereocenters. The lowest BCUT2D eigenvalue weighted by Gasteiger charge is -2.38. The molecular weight excluding hydrogens is 468 g/mol. The second-order valence-corrected chi connectivity index (χ2v) is 10.2. The van der Waals surface area contributed by atoms with Gasteiger partial charge < -0.3 is 37.1 Å². The Kier molecular flexibility index (Phi) is 7.64. The minimum atomic E-state index is 0.0257. The number of aliphatic imine (C=N–C) groups is 2. The third kappa shape index (κ3) is 5.90. The van der Waals surface area contributed by atoms with Gasteiger partial charge in [-0.15, -0.1) is 0 Å². The van der Waals surface area contributed by atoms with Gasteiger partial charge in [-0.05, 0) is 81.6 Å². The number of amides is 1. The summed E-state index contributed by atoms with van der Waals surface area (Å²) in [6.07, 6.45) is 8.48. The van der Waals surface area contributed by atoms with Crippen LogP contribution in [0.4, 0.5) is 5.69 Å². The predicted octanol–water partition coefficient (Wildman–Crippen LogP) is 2.32. The number of carbonyl (C=O) groups excluding carboxylic acids is 1. The number of nitrogens with two attached hydrogens (primary N) is 2. The minimum absolute atomic E-state index is 0.0257. The van der Waals surface area contributed by atoms with E-state index in [2.05, 4.69) is 50.6 Å². The fourth-order valence-corrected chi connectivity index (χ4v) is 5.63. The highest BCUT2D eigenvalue weighted by atomic mass is 16.5. The highest BCUT2D eigenvalue weighted by Crippen LogP contribution is 2.38. The number of carbonyl (C=O) groups is 1. The van der Waals surface area contributed by atoms with Crippen LogP contribution in [-0.2, 0) is 4.79 Å². The Hall–Kier alpha value is -3.53. The first-order valence-corrected chi connectivity index (χ1v) is 13.4. The van der Waals surface area contributed by atoms with Crippen LogP contribution in [0.25, 0.3) is 0 Å². The van der Waals surface area contributed by atoms with Gasteiger partial charge in [0, 0.05) is 25.0 Å². The molecule has 198 valence electrons. The molecule has 4 aliphatic rings. The molecule has 0 radical (unpaired) electrons. The van der Waals surface area contributed by atoms with Crippen molar-refractivity contribution in [3.05, 3.63) is 48.1 Å². The first kappa shape index (κ1) is 25.1. The summed E-state index contributed by atoms with van der Waals surface area (Å²) in [5, 5.41) is 9.91. The first-order chi connectivity index (χ1) is 18.0. The van der Waals surface area contributed by atoms with Crippen LogP contribution in [0.2, 0.25) is 0 Å². The van der Waals surface area contributed by atoms with Crippen LogP contribution in [0.15, 0.2) is 52.5 Å². The summed E-state index contributed by atoms with van der Waals surface area (Å²) in [5.74, 6) is 3.70. The Morgan fingerprint density at radius 1 is 1.19 bits per heavy atom. The Morgan fingerprint density at radius 2 is 1.97 bits per heavy atom. The van der Waals surface area contributed by atoms with E-state index in [1.54, 1.807) is 0 Å². The lowest BCUT2D eigenvalue weighted by atomic mass is 9.84. The average Bonchev–Trinajstić information content (AvgIpc) is 2.91. The highest BCUT2D eigenvalue weighted by Gasteiger charge is 2.33. The zero-order valence-corrected chi connectivity index (χ0v) is 21.3. The molecule has 0 spiro atoms. The molecule has 10 heteroatoms. The normalized spacial score (nSPS) is 23.5. The van der Waals surface area contributed by atoms with E-state index in [9.17, 15) is 4.79 Å². The number of piperidine rings is 1. The van der Waals surface area contributed by atoms with Crippen LogP contribution in [-0.4, -0.2) is 54.8 Å². The van der Waals surface area contributed by atoms with Gasteiger partial charge in [0.05, 0.1) is 11.9 Å². The van der Waals surface area contributed by atoms with Crippen molar-refractivity contribution in [2.24, 2.45) is 27.4 Å². The number of nitrogens with zero attached hydrogens (tertiary/aromatic N) is 3. The molecule has 0 aromatic heterocycles. The monoisotopic (exact) mass is 506 g/mol. The largest absolute Gasteiger partial charge is 0.450 e. The van der Waals surface area contributed by atoms with E-state index in [-0.39, 0.29) is 23.8 Å². The van der Waals surface area contributed by atoms with Crippen LogP contribution in [0.3, 0.4) is 0 Å². The van der Waals surface area contributed by atoms with E-state index < -0.39 is 0 Å². The number of ether oxygens (including phenoxy) is 1. The summed E-state index contributed by atoms with van der Waals surface area (Å²) in [6, 6.07) is 6.69. The molecule has 0 unspecified atom stereocenters. The lowest BCUT2D eigenvalue weighted by Crippen LogP contribution is -2.41. The molecule has 5 rings (SSSR count). The van der Waals surface area contributed by atoms with Gasteiger partial charge in [-0.1, -0.05) is 12.6 Å². The SMILES string of the molecule is C=C1N=C2Nc3cc(C4CCNCC4)ccc3OC2=CN1C1CCC(C(=O)NCCCN=C(N)N)CC1. The number of hydrogen-bond acceptors (Lipinski definition) is 7. The number of guanidine groups is 1. The van der Waals surface area contributed by atoms with E-state index in [1.165, 1.54) is 5.56 Å². The fraction of sp³-hybridized carbons (Fsp3) is 0.519. The van der Waals surface area contributed by atoms with E-state index >= 15 is 0 Å². The molecule has 1 aliphatic carbocycles. The van der Waals surface area contributed by atoms with Gasteiger partial charge >= 0.3 is 0 Å². The molecule has 10 nitrogen and oxygen atoms in total. The molecule has 1 saturated carbocycles. The van der Waals surface area contributed by atoms with Crippen molar-refractivity contribution in [1.29, 1.82) is 0 Å². The third-order valence-corrected chi connectivity index (χ3v) is 7.71. The van der Waals surface area contributed by atoms with Crippen molar-refractivity contribution in [3.8, 4) is 5.75 Å². The zero-order chi connectivity index (χ0) is 25.8. The number of rotatable bonds is 7. The van der Waals surface area contributed by atoms with Crippen molar-refractivity contribution in [1.82, 2.24) is 15.5 Å². The molecule has 3 heterocycles. The Morgan fingerprint density at radius 3 is 2.73 bits per heavy atom. The zero-order valence-electron chi connectivity index (χ0n) is 21.3. The molecule has 1 saturated heterocycles. The summed E-state index contributed by atoms with van der Waals surface area (Å²) >= 11 is 0. The number of benzene rings is 1. The summed E-state index contributed by atoms with van der Waals surface area (Å²) < 4.78 is 6.27. The second-order valence-electron chi connectivity index (χ2n) is 10.2. The average molecular weight is 507 g/mol.